The van der Waals surface area contributed by atoms with Gasteiger partial charge in [0, 0.05) is 45.8 Å². The SMILES string of the molecule is COc1ccccc1N1CCN(CCCOc2ccccc2C(=O)N2CCCCC2)CC1. The van der Waals surface area contributed by atoms with E-state index in [1.165, 1.54) is 12.1 Å². The van der Waals surface area contributed by atoms with Gasteiger partial charge in [0.05, 0.1) is 25.0 Å². The van der Waals surface area contributed by atoms with Crippen molar-refractivity contribution in [1.82, 2.24) is 9.80 Å². The maximum absolute atomic E-state index is 12.9. The largest absolute Gasteiger partial charge is 0.495 e. The van der Waals surface area contributed by atoms with E-state index >= 15 is 0 Å². The molecule has 2 heterocycles. The van der Waals surface area contributed by atoms with Crippen LogP contribution in [-0.4, -0.2) is 75.2 Å². The summed E-state index contributed by atoms with van der Waals surface area (Å²) in [6.45, 7) is 7.38. The van der Waals surface area contributed by atoms with Crippen LogP contribution in [0.5, 0.6) is 11.5 Å². The fourth-order valence-corrected chi connectivity index (χ4v) is 4.61. The van der Waals surface area contributed by atoms with Crippen LogP contribution in [0.25, 0.3) is 0 Å². The van der Waals surface area contributed by atoms with E-state index in [4.69, 9.17) is 9.47 Å². The molecule has 4 rings (SSSR count). The Balaban J connectivity index is 1.22. The molecule has 0 aliphatic carbocycles. The number of para-hydroxylation sites is 3. The van der Waals surface area contributed by atoms with Gasteiger partial charge >= 0.3 is 0 Å². The Morgan fingerprint density at radius 3 is 2.28 bits per heavy atom. The van der Waals surface area contributed by atoms with Gasteiger partial charge in [0.2, 0.25) is 0 Å². The van der Waals surface area contributed by atoms with Gasteiger partial charge in [-0.3, -0.25) is 9.69 Å². The Morgan fingerprint density at radius 1 is 0.844 bits per heavy atom. The standard InChI is InChI=1S/C26H35N3O3/c1-31-25-13-6-4-11-23(25)28-19-17-27(18-20-28)14-9-21-32-24-12-5-3-10-22(24)26(30)29-15-7-2-8-16-29/h3-6,10-13H,2,7-9,14-21H2,1H3. The molecule has 2 aromatic rings. The highest BCUT2D eigenvalue weighted by Crippen LogP contribution is 2.28. The average molecular weight is 438 g/mol. The van der Waals surface area contributed by atoms with Crippen molar-refractivity contribution in [2.75, 3.05) is 64.4 Å². The second-order valence-electron chi connectivity index (χ2n) is 8.55. The lowest BCUT2D eigenvalue weighted by Gasteiger charge is -2.36. The number of hydrogen-bond donors (Lipinski definition) is 0. The number of piperidine rings is 1. The number of methoxy groups -OCH3 is 1. The van der Waals surface area contributed by atoms with Gasteiger partial charge in [-0.25, -0.2) is 0 Å². The number of rotatable bonds is 8. The highest BCUT2D eigenvalue weighted by atomic mass is 16.5. The van der Waals surface area contributed by atoms with Crippen molar-refractivity contribution in [2.24, 2.45) is 0 Å². The Morgan fingerprint density at radius 2 is 1.53 bits per heavy atom. The first kappa shape index (κ1) is 22.5. The third-order valence-corrected chi connectivity index (χ3v) is 6.44. The zero-order valence-corrected chi connectivity index (χ0v) is 19.2. The summed E-state index contributed by atoms with van der Waals surface area (Å²) in [6.07, 6.45) is 4.36. The van der Waals surface area contributed by atoms with Gasteiger partial charge in [0.15, 0.2) is 0 Å². The van der Waals surface area contributed by atoms with E-state index in [0.717, 1.165) is 70.8 Å². The first-order chi connectivity index (χ1) is 15.8. The van der Waals surface area contributed by atoms with E-state index < -0.39 is 0 Å². The number of likely N-dealkylation sites (tertiary alicyclic amines) is 1. The number of nitrogens with zero attached hydrogens (tertiary/aromatic N) is 3. The molecule has 2 saturated heterocycles. The predicted octanol–water partition coefficient (Wildman–Crippen LogP) is 3.91. The van der Waals surface area contributed by atoms with Crippen molar-refractivity contribution in [3.05, 3.63) is 54.1 Å². The predicted molar refractivity (Wildman–Crippen MR) is 128 cm³/mol. The molecule has 0 aromatic heterocycles. The number of carbonyl (C=O) groups excluding carboxylic acids is 1. The topological polar surface area (TPSA) is 45.3 Å². The summed E-state index contributed by atoms with van der Waals surface area (Å²) in [6, 6.07) is 15.9. The Kier molecular flexibility index (Phi) is 7.88. The van der Waals surface area contributed by atoms with Crippen LogP contribution in [0.4, 0.5) is 5.69 Å². The molecule has 0 saturated carbocycles. The van der Waals surface area contributed by atoms with Crippen LogP contribution in [0, 0.1) is 0 Å². The van der Waals surface area contributed by atoms with Gasteiger partial charge in [-0.15, -0.1) is 0 Å². The molecule has 32 heavy (non-hydrogen) atoms. The van der Waals surface area contributed by atoms with Gasteiger partial charge in [-0.05, 0) is 49.9 Å². The van der Waals surface area contributed by atoms with Gasteiger partial charge in [-0.1, -0.05) is 24.3 Å². The molecule has 0 spiro atoms. The van der Waals surface area contributed by atoms with Crippen molar-refractivity contribution in [2.45, 2.75) is 25.7 Å². The third-order valence-electron chi connectivity index (χ3n) is 6.44. The molecule has 0 atom stereocenters. The molecule has 2 fully saturated rings. The lowest BCUT2D eigenvalue weighted by Crippen LogP contribution is -2.46. The molecule has 1 amide bonds. The molecule has 0 bridgehead atoms. The van der Waals surface area contributed by atoms with Crippen LogP contribution in [-0.2, 0) is 0 Å². The van der Waals surface area contributed by atoms with E-state index in [1.54, 1.807) is 7.11 Å². The fraction of sp³-hybridized carbons (Fsp3) is 0.500. The van der Waals surface area contributed by atoms with Crippen LogP contribution in [0.2, 0.25) is 0 Å². The third kappa shape index (κ3) is 5.54. The van der Waals surface area contributed by atoms with Crippen molar-refractivity contribution in [3.63, 3.8) is 0 Å². The van der Waals surface area contributed by atoms with E-state index in [1.807, 2.05) is 41.3 Å². The number of piperazine rings is 1. The normalized spacial score (nSPS) is 17.3. The highest BCUT2D eigenvalue weighted by Gasteiger charge is 2.22. The van der Waals surface area contributed by atoms with E-state index in [-0.39, 0.29) is 5.91 Å². The summed E-state index contributed by atoms with van der Waals surface area (Å²) in [5.41, 5.74) is 1.87. The minimum absolute atomic E-state index is 0.104. The van der Waals surface area contributed by atoms with Gasteiger partial charge in [0.25, 0.3) is 5.91 Å². The zero-order chi connectivity index (χ0) is 22.2. The molecule has 0 radical (unpaired) electrons. The van der Waals surface area contributed by atoms with Crippen molar-refractivity contribution in [1.29, 1.82) is 0 Å². The summed E-state index contributed by atoms with van der Waals surface area (Å²) in [4.78, 5) is 19.8. The highest BCUT2D eigenvalue weighted by molar-refractivity contribution is 5.97. The lowest BCUT2D eigenvalue weighted by molar-refractivity contribution is 0.0719. The minimum Gasteiger partial charge on any atom is -0.495 e. The average Bonchev–Trinajstić information content (AvgIpc) is 2.87. The maximum Gasteiger partial charge on any atom is 0.257 e. The Labute approximate surface area is 191 Å². The van der Waals surface area contributed by atoms with Gasteiger partial charge in [0.1, 0.15) is 11.5 Å². The molecule has 2 aromatic carbocycles. The van der Waals surface area contributed by atoms with E-state index in [2.05, 4.69) is 21.9 Å². The fourth-order valence-electron chi connectivity index (χ4n) is 4.61. The summed E-state index contributed by atoms with van der Waals surface area (Å²) in [5.74, 6) is 1.75. The number of carbonyl (C=O) groups is 1. The summed E-state index contributed by atoms with van der Waals surface area (Å²) >= 11 is 0. The Bertz CT molecular complexity index is 874. The first-order valence-corrected chi connectivity index (χ1v) is 11.9. The quantitative estimate of drug-likeness (QED) is 0.586. The number of benzene rings is 2. The second-order valence-corrected chi connectivity index (χ2v) is 8.55. The molecule has 2 aliphatic rings. The van der Waals surface area contributed by atoms with E-state index in [0.29, 0.717) is 17.9 Å². The molecule has 172 valence electrons. The first-order valence-electron chi connectivity index (χ1n) is 11.9. The van der Waals surface area contributed by atoms with Crippen LogP contribution >= 0.6 is 0 Å². The number of hydrogen-bond acceptors (Lipinski definition) is 5. The van der Waals surface area contributed by atoms with Gasteiger partial charge < -0.3 is 19.3 Å². The van der Waals surface area contributed by atoms with Crippen molar-refractivity contribution >= 4 is 11.6 Å². The molecule has 2 aliphatic heterocycles. The van der Waals surface area contributed by atoms with Crippen molar-refractivity contribution < 1.29 is 14.3 Å². The Hall–Kier alpha value is -2.73. The monoisotopic (exact) mass is 437 g/mol. The smallest absolute Gasteiger partial charge is 0.257 e. The summed E-state index contributed by atoms with van der Waals surface area (Å²) in [5, 5.41) is 0. The number of anilines is 1. The lowest BCUT2D eigenvalue weighted by atomic mass is 10.1. The zero-order valence-electron chi connectivity index (χ0n) is 19.2. The molecular weight excluding hydrogens is 402 g/mol. The van der Waals surface area contributed by atoms with Crippen molar-refractivity contribution in [3.8, 4) is 11.5 Å². The maximum atomic E-state index is 12.9. The molecular formula is C26H35N3O3. The molecule has 6 nitrogen and oxygen atoms in total. The summed E-state index contributed by atoms with van der Waals surface area (Å²) in [7, 11) is 1.73. The minimum atomic E-state index is 0.104. The van der Waals surface area contributed by atoms with E-state index in [9.17, 15) is 4.79 Å². The molecule has 0 N–H and O–H groups in total. The number of amides is 1. The van der Waals surface area contributed by atoms with Gasteiger partial charge in [-0.2, -0.15) is 0 Å². The number of ether oxygens (including phenoxy) is 2. The van der Waals surface area contributed by atoms with Crippen LogP contribution in [0.15, 0.2) is 48.5 Å². The van der Waals surface area contributed by atoms with Crippen LogP contribution in [0.1, 0.15) is 36.0 Å². The molecule has 0 unspecified atom stereocenters. The van der Waals surface area contributed by atoms with Crippen LogP contribution < -0.4 is 14.4 Å². The molecule has 6 heteroatoms. The summed E-state index contributed by atoms with van der Waals surface area (Å²) < 4.78 is 11.6. The van der Waals surface area contributed by atoms with Crippen LogP contribution in [0.3, 0.4) is 0 Å². The second kappa shape index (κ2) is 11.2.